The van der Waals surface area contributed by atoms with Crippen molar-refractivity contribution < 1.29 is 8.78 Å². The molecule has 1 heterocycles. The van der Waals surface area contributed by atoms with Crippen molar-refractivity contribution in [3.8, 4) is 12.3 Å². The summed E-state index contributed by atoms with van der Waals surface area (Å²) < 4.78 is 28.6. The zero-order chi connectivity index (χ0) is 15.6. The molecule has 5 heteroatoms. The molecule has 0 aliphatic rings. The van der Waals surface area contributed by atoms with Gasteiger partial charge in [0.2, 0.25) is 0 Å². The van der Waals surface area contributed by atoms with Crippen LogP contribution in [0.3, 0.4) is 0 Å². The van der Waals surface area contributed by atoms with E-state index in [1.165, 1.54) is 23.7 Å². The fraction of sp³-hybridized carbons (Fsp3) is 0.188. The maximum Gasteiger partial charge on any atom is 0.255 e. The standard InChI is InChI=1S/C16H12ClF2NO/c1-3-4-11(13-9-10(18)5-7-14(13)19)12-6-8-15(17)20(2)16(12)21/h1,5-9,11H,4H2,2H3. The summed E-state index contributed by atoms with van der Waals surface area (Å²) >= 11 is 5.86. The molecule has 0 bridgehead atoms. The van der Waals surface area contributed by atoms with Gasteiger partial charge in [-0.15, -0.1) is 12.3 Å². The Hall–Kier alpha value is -2.12. The van der Waals surface area contributed by atoms with Gasteiger partial charge in [-0.25, -0.2) is 8.78 Å². The highest BCUT2D eigenvalue weighted by atomic mass is 35.5. The Morgan fingerprint density at radius 2 is 2.00 bits per heavy atom. The molecule has 1 unspecified atom stereocenters. The molecule has 108 valence electrons. The van der Waals surface area contributed by atoms with Crippen molar-refractivity contribution in [3.05, 3.63) is 68.6 Å². The third kappa shape index (κ3) is 2.98. The first-order valence-electron chi connectivity index (χ1n) is 6.19. The minimum absolute atomic E-state index is 0.0624. The van der Waals surface area contributed by atoms with Crippen molar-refractivity contribution in [1.82, 2.24) is 4.57 Å². The quantitative estimate of drug-likeness (QED) is 0.628. The van der Waals surface area contributed by atoms with Crippen LogP contribution >= 0.6 is 11.6 Å². The Bertz CT molecular complexity index is 777. The predicted molar refractivity (Wildman–Crippen MR) is 78.3 cm³/mol. The number of aromatic nitrogens is 1. The number of rotatable bonds is 3. The van der Waals surface area contributed by atoms with Gasteiger partial charge in [-0.2, -0.15) is 0 Å². The second-order valence-electron chi connectivity index (χ2n) is 4.60. The van der Waals surface area contributed by atoms with E-state index in [-0.39, 0.29) is 28.3 Å². The lowest BCUT2D eigenvalue weighted by molar-refractivity contribution is 0.574. The molecule has 0 spiro atoms. The van der Waals surface area contributed by atoms with Gasteiger partial charge in [0, 0.05) is 24.9 Å². The van der Waals surface area contributed by atoms with Crippen LogP contribution < -0.4 is 5.56 Å². The Labute approximate surface area is 126 Å². The number of halogens is 3. The van der Waals surface area contributed by atoms with Crippen LogP contribution in [0, 0.1) is 24.0 Å². The highest BCUT2D eigenvalue weighted by Crippen LogP contribution is 2.28. The monoisotopic (exact) mass is 307 g/mol. The highest BCUT2D eigenvalue weighted by Gasteiger charge is 2.21. The molecule has 1 aromatic heterocycles. The number of hydrogen-bond donors (Lipinski definition) is 0. The fourth-order valence-electron chi connectivity index (χ4n) is 2.18. The van der Waals surface area contributed by atoms with E-state index < -0.39 is 17.6 Å². The number of nitrogens with zero attached hydrogens (tertiary/aromatic N) is 1. The van der Waals surface area contributed by atoms with Crippen LogP contribution in [0.25, 0.3) is 0 Å². The van der Waals surface area contributed by atoms with Crippen molar-refractivity contribution in [1.29, 1.82) is 0 Å². The van der Waals surface area contributed by atoms with E-state index in [1.54, 1.807) is 0 Å². The van der Waals surface area contributed by atoms with Gasteiger partial charge in [0.05, 0.1) is 0 Å². The van der Waals surface area contributed by atoms with E-state index in [2.05, 4.69) is 5.92 Å². The first-order chi connectivity index (χ1) is 9.95. The minimum atomic E-state index is -0.721. The Balaban J connectivity index is 2.65. The summed E-state index contributed by atoms with van der Waals surface area (Å²) in [7, 11) is 1.50. The fourth-order valence-corrected chi connectivity index (χ4v) is 2.32. The van der Waals surface area contributed by atoms with Crippen LogP contribution in [0.5, 0.6) is 0 Å². The third-order valence-corrected chi connectivity index (χ3v) is 3.68. The van der Waals surface area contributed by atoms with Gasteiger partial charge in [-0.1, -0.05) is 11.6 Å². The van der Waals surface area contributed by atoms with Gasteiger partial charge >= 0.3 is 0 Å². The molecule has 2 aromatic rings. The summed E-state index contributed by atoms with van der Waals surface area (Å²) in [4.78, 5) is 12.3. The van der Waals surface area contributed by atoms with Gasteiger partial charge in [-0.05, 0) is 35.9 Å². The Kier molecular flexibility index (Phi) is 4.44. The van der Waals surface area contributed by atoms with E-state index >= 15 is 0 Å². The molecule has 0 radical (unpaired) electrons. The molecule has 0 amide bonds. The average Bonchev–Trinajstić information content (AvgIpc) is 2.46. The van der Waals surface area contributed by atoms with E-state index in [0.717, 1.165) is 18.2 Å². The van der Waals surface area contributed by atoms with Crippen LogP contribution in [0.4, 0.5) is 8.78 Å². The largest absolute Gasteiger partial charge is 0.302 e. The summed E-state index contributed by atoms with van der Waals surface area (Å²) in [5.41, 5.74) is -0.0388. The van der Waals surface area contributed by atoms with Crippen LogP contribution in [-0.2, 0) is 7.05 Å². The normalized spacial score (nSPS) is 12.0. The second-order valence-corrected chi connectivity index (χ2v) is 4.99. The van der Waals surface area contributed by atoms with Crippen molar-refractivity contribution in [2.24, 2.45) is 7.05 Å². The number of pyridine rings is 1. The van der Waals surface area contributed by atoms with E-state index in [0.29, 0.717) is 0 Å². The third-order valence-electron chi connectivity index (χ3n) is 3.30. The van der Waals surface area contributed by atoms with Crippen molar-refractivity contribution in [3.63, 3.8) is 0 Å². The Morgan fingerprint density at radius 1 is 1.29 bits per heavy atom. The zero-order valence-electron chi connectivity index (χ0n) is 11.2. The van der Waals surface area contributed by atoms with Crippen molar-refractivity contribution >= 4 is 11.6 Å². The molecule has 0 N–H and O–H groups in total. The molecule has 2 nitrogen and oxygen atoms in total. The zero-order valence-corrected chi connectivity index (χ0v) is 12.0. The van der Waals surface area contributed by atoms with Gasteiger partial charge in [0.15, 0.2) is 0 Å². The predicted octanol–water partition coefficient (Wildman–Crippen LogP) is 3.47. The van der Waals surface area contributed by atoms with E-state index in [1.807, 2.05) is 0 Å². The van der Waals surface area contributed by atoms with Gasteiger partial charge in [-0.3, -0.25) is 4.79 Å². The highest BCUT2D eigenvalue weighted by molar-refractivity contribution is 6.29. The topological polar surface area (TPSA) is 22.0 Å². The van der Waals surface area contributed by atoms with Crippen molar-refractivity contribution in [2.75, 3.05) is 0 Å². The summed E-state index contributed by atoms with van der Waals surface area (Å²) in [5, 5.41) is 0.253. The molecule has 21 heavy (non-hydrogen) atoms. The lowest BCUT2D eigenvalue weighted by atomic mass is 9.89. The molecule has 0 saturated carbocycles. The summed E-state index contributed by atoms with van der Waals surface area (Å²) in [6.07, 6.45) is 5.39. The lowest BCUT2D eigenvalue weighted by Crippen LogP contribution is -2.24. The molecular formula is C16H12ClF2NO. The Morgan fingerprint density at radius 3 is 2.67 bits per heavy atom. The average molecular weight is 308 g/mol. The van der Waals surface area contributed by atoms with Crippen LogP contribution in [0.1, 0.15) is 23.5 Å². The maximum atomic E-state index is 14.0. The molecule has 0 aliphatic heterocycles. The van der Waals surface area contributed by atoms with Crippen LogP contribution in [0.2, 0.25) is 5.15 Å². The molecule has 1 aromatic carbocycles. The van der Waals surface area contributed by atoms with Crippen LogP contribution in [-0.4, -0.2) is 4.57 Å². The first kappa shape index (κ1) is 15.3. The van der Waals surface area contributed by atoms with E-state index in [9.17, 15) is 13.6 Å². The molecular weight excluding hydrogens is 296 g/mol. The summed E-state index contributed by atoms with van der Waals surface area (Å²) in [6.45, 7) is 0. The summed E-state index contributed by atoms with van der Waals surface area (Å²) in [6, 6.07) is 6.13. The lowest BCUT2D eigenvalue weighted by Gasteiger charge is -2.17. The SMILES string of the molecule is C#CCC(c1cc(F)ccc1F)c1ccc(Cl)n(C)c1=O. The molecule has 0 fully saturated rings. The number of benzene rings is 1. The van der Waals surface area contributed by atoms with Gasteiger partial charge in [0.25, 0.3) is 5.56 Å². The molecule has 1 atom stereocenters. The second kappa shape index (κ2) is 6.11. The number of terminal acetylenes is 1. The van der Waals surface area contributed by atoms with Gasteiger partial charge in [0.1, 0.15) is 16.8 Å². The van der Waals surface area contributed by atoms with Crippen LogP contribution in [0.15, 0.2) is 35.1 Å². The maximum absolute atomic E-state index is 14.0. The summed E-state index contributed by atoms with van der Waals surface area (Å²) in [5.74, 6) is 0.495. The molecule has 0 saturated heterocycles. The molecule has 0 aliphatic carbocycles. The van der Waals surface area contributed by atoms with Crippen molar-refractivity contribution in [2.45, 2.75) is 12.3 Å². The van der Waals surface area contributed by atoms with E-state index in [4.69, 9.17) is 18.0 Å². The van der Waals surface area contributed by atoms with Gasteiger partial charge < -0.3 is 4.57 Å². The number of hydrogen-bond acceptors (Lipinski definition) is 1. The minimum Gasteiger partial charge on any atom is -0.302 e. The molecule has 2 rings (SSSR count). The first-order valence-corrected chi connectivity index (χ1v) is 6.57. The smallest absolute Gasteiger partial charge is 0.255 e.